The Labute approximate surface area is 169 Å². The first-order valence-corrected chi connectivity index (χ1v) is 6.32. The van der Waals surface area contributed by atoms with E-state index in [1.54, 1.807) is 48.5 Å². The lowest BCUT2D eigenvalue weighted by atomic mass is 10.0. The third-order valence-electron chi connectivity index (χ3n) is 2.28. The summed E-state index contributed by atoms with van der Waals surface area (Å²) in [7, 11) is 6.00. The highest BCUT2D eigenvalue weighted by Crippen LogP contribution is 2.07. The molecule has 2 rings (SSSR count). The van der Waals surface area contributed by atoms with Crippen molar-refractivity contribution < 1.29 is 9.59 Å². The van der Waals surface area contributed by atoms with Gasteiger partial charge in [-0.05, 0) is 21.1 Å². The molecule has 0 aromatic heterocycles. The van der Waals surface area contributed by atoms with Crippen LogP contribution in [0.1, 0.15) is 20.7 Å². The smallest absolute Gasteiger partial charge is 0.233 e. The molecule has 2 aromatic carbocycles. The molecular formula is C17H22Br3NO2. The van der Waals surface area contributed by atoms with Gasteiger partial charge in [-0.3, -0.25) is 9.59 Å². The molecule has 0 saturated carbocycles. The van der Waals surface area contributed by atoms with E-state index in [2.05, 4.69) is 0 Å². The van der Waals surface area contributed by atoms with Gasteiger partial charge >= 0.3 is 0 Å². The number of carbonyl (C=O) groups excluding carboxylic acids is 2. The second-order valence-corrected chi connectivity index (χ2v) is 4.73. The molecule has 3 nitrogen and oxygen atoms in total. The van der Waals surface area contributed by atoms with Gasteiger partial charge in [0, 0.05) is 11.1 Å². The molecule has 0 N–H and O–H groups in total. The molecule has 0 spiro atoms. The van der Waals surface area contributed by atoms with Gasteiger partial charge in [-0.1, -0.05) is 60.7 Å². The predicted molar refractivity (Wildman–Crippen MR) is 112 cm³/mol. The predicted octanol–water partition coefficient (Wildman–Crippen LogP) is 4.66. The van der Waals surface area contributed by atoms with E-state index in [-0.39, 0.29) is 50.9 Å². The molecule has 23 heavy (non-hydrogen) atoms. The molecule has 0 aliphatic carbocycles. The Morgan fingerprint density at radius 2 is 0.826 bits per heavy atom. The maximum Gasteiger partial charge on any atom is 0.233 e. The van der Waals surface area contributed by atoms with Crippen LogP contribution in [-0.4, -0.2) is 37.6 Å². The van der Waals surface area contributed by atoms with Gasteiger partial charge in [0.15, 0.2) is 0 Å². The van der Waals surface area contributed by atoms with E-state index in [1.807, 2.05) is 38.2 Å². The Hall–Kier alpha value is -0.820. The van der Waals surface area contributed by atoms with Crippen LogP contribution in [0, 0.1) is 0 Å². The molecule has 0 heterocycles. The van der Waals surface area contributed by atoms with E-state index in [0.717, 1.165) is 0 Å². The molecule has 0 saturated heterocycles. The average molecular weight is 512 g/mol. The first-order valence-electron chi connectivity index (χ1n) is 6.32. The first-order chi connectivity index (χ1) is 9.52. The van der Waals surface area contributed by atoms with E-state index in [1.165, 1.54) is 0 Å². The zero-order valence-electron chi connectivity index (χ0n) is 13.3. The third-order valence-corrected chi connectivity index (χ3v) is 2.28. The number of hydrogen-bond acceptors (Lipinski definition) is 3. The van der Waals surface area contributed by atoms with E-state index >= 15 is 0 Å². The fourth-order valence-corrected chi connectivity index (χ4v) is 1.44. The molecule has 0 amide bonds. The molecule has 0 radical (unpaired) electrons. The van der Waals surface area contributed by atoms with Gasteiger partial charge < -0.3 is 4.90 Å². The van der Waals surface area contributed by atoms with Gasteiger partial charge in [-0.25, -0.2) is 0 Å². The highest BCUT2D eigenvalue weighted by atomic mass is 79.9. The van der Waals surface area contributed by atoms with Gasteiger partial charge in [0.25, 0.3) is 0 Å². The molecule has 6 heteroatoms. The second-order valence-electron chi connectivity index (χ2n) is 4.73. The van der Waals surface area contributed by atoms with Gasteiger partial charge in [0.2, 0.25) is 11.6 Å². The lowest BCUT2D eigenvalue weighted by Crippen LogP contribution is -2.14. The molecule has 128 valence electrons. The van der Waals surface area contributed by atoms with Gasteiger partial charge in [0.05, 0.1) is 0 Å². The Kier molecular flexibility index (Phi) is 17.3. The van der Waals surface area contributed by atoms with Crippen molar-refractivity contribution in [2.75, 3.05) is 21.1 Å². The van der Waals surface area contributed by atoms with Crippen LogP contribution in [0.5, 0.6) is 0 Å². The average Bonchev–Trinajstić information content (AvgIpc) is 2.47. The number of nitrogens with zero attached hydrogens (tertiary/aromatic N) is 1. The number of Topliss-reactive ketones (excluding diaryl/α,β-unsaturated/α-hetero) is 2. The molecule has 2 aromatic rings. The minimum absolute atomic E-state index is 0. The van der Waals surface area contributed by atoms with Gasteiger partial charge in [-0.15, -0.1) is 50.9 Å². The molecule has 0 unspecified atom stereocenters. The van der Waals surface area contributed by atoms with E-state index in [4.69, 9.17) is 0 Å². The normalized spacial score (nSPS) is 8.35. The standard InChI is InChI=1S/C14H10O2.C3H9N.3BrH/c15-13(11-7-3-1-4-8-11)14(16)12-9-5-2-6-10-12;1-4(2)3;;;/h1-10H;1-3H3;3*1H. The van der Waals surface area contributed by atoms with Crippen LogP contribution in [0.4, 0.5) is 0 Å². The van der Waals surface area contributed by atoms with E-state index in [0.29, 0.717) is 11.1 Å². The summed E-state index contributed by atoms with van der Waals surface area (Å²) in [5.41, 5.74) is 0.854. The zero-order valence-corrected chi connectivity index (χ0v) is 18.4. The number of hydrogen-bond donors (Lipinski definition) is 0. The fraction of sp³-hybridized carbons (Fsp3) is 0.176. The minimum Gasteiger partial charge on any atom is -0.312 e. The minimum atomic E-state index is -0.466. The summed E-state index contributed by atoms with van der Waals surface area (Å²) in [5.74, 6) is -0.932. The van der Waals surface area contributed by atoms with Crippen molar-refractivity contribution >= 4 is 62.5 Å². The molecule has 0 bridgehead atoms. The van der Waals surface area contributed by atoms with Crippen LogP contribution >= 0.6 is 50.9 Å². The largest absolute Gasteiger partial charge is 0.312 e. The van der Waals surface area contributed by atoms with Crippen LogP contribution < -0.4 is 0 Å². The maximum absolute atomic E-state index is 11.8. The summed E-state index contributed by atoms with van der Waals surface area (Å²) in [6, 6.07) is 17.2. The molecule has 0 aliphatic heterocycles. The van der Waals surface area contributed by atoms with Crippen molar-refractivity contribution in [2.45, 2.75) is 0 Å². The Morgan fingerprint density at radius 3 is 1.04 bits per heavy atom. The lowest BCUT2D eigenvalue weighted by Gasteiger charge is -1.99. The Balaban J connectivity index is -0.000000517. The van der Waals surface area contributed by atoms with Crippen molar-refractivity contribution in [3.63, 3.8) is 0 Å². The Morgan fingerprint density at radius 1 is 0.609 bits per heavy atom. The number of halogens is 3. The summed E-state index contributed by atoms with van der Waals surface area (Å²) in [5, 5.41) is 0. The summed E-state index contributed by atoms with van der Waals surface area (Å²) < 4.78 is 0. The second kappa shape index (κ2) is 14.8. The number of benzene rings is 2. The molecule has 0 fully saturated rings. The van der Waals surface area contributed by atoms with Crippen molar-refractivity contribution in [3.8, 4) is 0 Å². The number of ketones is 2. The summed E-state index contributed by atoms with van der Waals surface area (Å²) >= 11 is 0. The highest BCUT2D eigenvalue weighted by Gasteiger charge is 2.16. The maximum atomic E-state index is 11.8. The summed E-state index contributed by atoms with van der Waals surface area (Å²) in [6.07, 6.45) is 0. The Bertz CT molecular complexity index is 508. The number of carbonyl (C=O) groups is 2. The van der Waals surface area contributed by atoms with E-state index in [9.17, 15) is 9.59 Å². The van der Waals surface area contributed by atoms with Crippen LogP contribution in [-0.2, 0) is 0 Å². The molecule has 0 atom stereocenters. The van der Waals surface area contributed by atoms with Gasteiger partial charge in [-0.2, -0.15) is 0 Å². The van der Waals surface area contributed by atoms with Gasteiger partial charge in [0.1, 0.15) is 0 Å². The van der Waals surface area contributed by atoms with Crippen LogP contribution in [0.25, 0.3) is 0 Å². The summed E-state index contributed by atoms with van der Waals surface area (Å²) in [4.78, 5) is 25.6. The summed E-state index contributed by atoms with van der Waals surface area (Å²) in [6.45, 7) is 0. The third kappa shape index (κ3) is 10.5. The van der Waals surface area contributed by atoms with Crippen molar-refractivity contribution in [1.82, 2.24) is 4.90 Å². The highest BCUT2D eigenvalue weighted by molar-refractivity contribution is 8.93. The van der Waals surface area contributed by atoms with Crippen molar-refractivity contribution in [1.29, 1.82) is 0 Å². The topological polar surface area (TPSA) is 37.4 Å². The van der Waals surface area contributed by atoms with Crippen molar-refractivity contribution in [3.05, 3.63) is 71.8 Å². The van der Waals surface area contributed by atoms with Crippen LogP contribution in [0.2, 0.25) is 0 Å². The molecular weight excluding hydrogens is 490 g/mol. The number of rotatable bonds is 3. The van der Waals surface area contributed by atoms with E-state index < -0.39 is 11.6 Å². The first kappa shape index (κ1) is 27.0. The quantitative estimate of drug-likeness (QED) is 0.444. The zero-order chi connectivity index (χ0) is 15.0. The van der Waals surface area contributed by atoms with Crippen LogP contribution in [0.15, 0.2) is 60.7 Å². The lowest BCUT2D eigenvalue weighted by molar-refractivity contribution is 0.0817. The monoisotopic (exact) mass is 509 g/mol. The fourth-order valence-electron chi connectivity index (χ4n) is 1.44. The van der Waals surface area contributed by atoms with Crippen molar-refractivity contribution in [2.24, 2.45) is 0 Å². The SMILES string of the molecule is Br.Br.Br.CN(C)C.O=C(C(=O)c1ccccc1)c1ccccc1. The molecule has 0 aliphatic rings. The van der Waals surface area contributed by atoms with Crippen LogP contribution in [0.3, 0.4) is 0 Å².